The van der Waals surface area contributed by atoms with E-state index in [0.717, 1.165) is 11.0 Å². The first-order chi connectivity index (χ1) is 10.5. The zero-order valence-corrected chi connectivity index (χ0v) is 12.7. The van der Waals surface area contributed by atoms with Crippen molar-refractivity contribution < 1.29 is 4.79 Å². The Labute approximate surface area is 128 Å². The average Bonchev–Trinajstić information content (AvgIpc) is 2.85. The third-order valence-corrected chi connectivity index (χ3v) is 3.27. The Morgan fingerprint density at radius 3 is 2.64 bits per heavy atom. The highest BCUT2D eigenvalue weighted by Gasteiger charge is 2.23. The van der Waals surface area contributed by atoms with E-state index in [-0.39, 0.29) is 11.4 Å². The van der Waals surface area contributed by atoms with Crippen LogP contribution in [0.4, 0.5) is 5.95 Å². The van der Waals surface area contributed by atoms with Crippen LogP contribution in [0.5, 0.6) is 0 Å². The van der Waals surface area contributed by atoms with Crippen LogP contribution in [-0.4, -0.2) is 25.4 Å². The van der Waals surface area contributed by atoms with E-state index in [1.54, 1.807) is 6.07 Å². The number of nitrogens with zero attached hydrogens (tertiary/aromatic N) is 4. The minimum Gasteiger partial charge on any atom is -0.305 e. The fourth-order valence-corrected chi connectivity index (χ4v) is 2.38. The number of carbonyl (C=O) groups is 1. The molecule has 0 bridgehead atoms. The number of carbonyl (C=O) groups excluding carboxylic acids is 1. The first kappa shape index (κ1) is 14.2. The molecular formula is C16H17N5O. The van der Waals surface area contributed by atoms with Gasteiger partial charge in [0.2, 0.25) is 5.95 Å². The van der Waals surface area contributed by atoms with Crippen LogP contribution in [0.1, 0.15) is 31.3 Å². The molecule has 0 aliphatic rings. The Morgan fingerprint density at radius 2 is 1.95 bits per heavy atom. The van der Waals surface area contributed by atoms with Gasteiger partial charge in [0.25, 0.3) is 5.91 Å². The maximum Gasteiger partial charge on any atom is 0.276 e. The molecule has 6 heteroatoms. The van der Waals surface area contributed by atoms with Crippen molar-refractivity contribution >= 4 is 22.9 Å². The second kappa shape index (κ2) is 5.22. The molecule has 2 aromatic heterocycles. The smallest absolute Gasteiger partial charge is 0.276 e. The van der Waals surface area contributed by atoms with Crippen LogP contribution in [-0.2, 0) is 5.54 Å². The van der Waals surface area contributed by atoms with E-state index in [9.17, 15) is 4.79 Å². The molecule has 0 saturated heterocycles. The number of anilines is 1. The third kappa shape index (κ3) is 2.55. The van der Waals surface area contributed by atoms with Gasteiger partial charge in [-0.25, -0.2) is 15.0 Å². The van der Waals surface area contributed by atoms with E-state index in [1.165, 1.54) is 12.5 Å². The predicted molar refractivity (Wildman–Crippen MR) is 84.7 cm³/mol. The number of amides is 1. The highest BCUT2D eigenvalue weighted by atomic mass is 16.2. The van der Waals surface area contributed by atoms with Gasteiger partial charge in [-0.2, -0.15) is 0 Å². The van der Waals surface area contributed by atoms with Crippen LogP contribution in [0.2, 0.25) is 0 Å². The van der Waals surface area contributed by atoms with Gasteiger partial charge in [0.05, 0.1) is 11.0 Å². The molecule has 0 aliphatic carbocycles. The van der Waals surface area contributed by atoms with Crippen LogP contribution in [0, 0.1) is 0 Å². The number of fused-ring (bicyclic) bond motifs is 1. The molecule has 6 nitrogen and oxygen atoms in total. The molecule has 0 radical (unpaired) electrons. The van der Waals surface area contributed by atoms with E-state index in [0.29, 0.717) is 11.6 Å². The number of aromatic nitrogens is 4. The van der Waals surface area contributed by atoms with Gasteiger partial charge in [-0.3, -0.25) is 10.1 Å². The van der Waals surface area contributed by atoms with E-state index in [4.69, 9.17) is 0 Å². The molecule has 3 rings (SSSR count). The van der Waals surface area contributed by atoms with Crippen molar-refractivity contribution in [2.45, 2.75) is 26.3 Å². The Morgan fingerprint density at radius 1 is 1.18 bits per heavy atom. The molecular weight excluding hydrogens is 278 g/mol. The van der Waals surface area contributed by atoms with Crippen molar-refractivity contribution in [3.8, 4) is 0 Å². The molecule has 1 N–H and O–H groups in total. The molecule has 0 atom stereocenters. The molecule has 2 heterocycles. The van der Waals surface area contributed by atoms with Crippen molar-refractivity contribution in [2.24, 2.45) is 0 Å². The number of benzene rings is 1. The zero-order valence-electron chi connectivity index (χ0n) is 12.7. The van der Waals surface area contributed by atoms with Crippen LogP contribution in [0.25, 0.3) is 11.0 Å². The summed E-state index contributed by atoms with van der Waals surface area (Å²) in [6.45, 7) is 6.21. The highest BCUT2D eigenvalue weighted by molar-refractivity contribution is 6.02. The quantitative estimate of drug-likeness (QED) is 0.789. The molecule has 22 heavy (non-hydrogen) atoms. The number of hydrogen-bond acceptors (Lipinski definition) is 4. The van der Waals surface area contributed by atoms with Crippen molar-refractivity contribution in [3.05, 3.63) is 48.5 Å². The monoisotopic (exact) mass is 295 g/mol. The van der Waals surface area contributed by atoms with Crippen molar-refractivity contribution in [1.82, 2.24) is 19.5 Å². The lowest BCUT2D eigenvalue weighted by Gasteiger charge is -2.24. The van der Waals surface area contributed by atoms with Gasteiger partial charge in [0.15, 0.2) is 0 Å². The van der Waals surface area contributed by atoms with E-state index >= 15 is 0 Å². The summed E-state index contributed by atoms with van der Waals surface area (Å²) in [5.74, 6) is 0.209. The summed E-state index contributed by atoms with van der Waals surface area (Å²) in [7, 11) is 0. The Balaban J connectivity index is 2.05. The van der Waals surface area contributed by atoms with Crippen LogP contribution < -0.4 is 5.32 Å². The fourth-order valence-electron chi connectivity index (χ4n) is 2.38. The number of hydrogen-bond donors (Lipinski definition) is 1. The third-order valence-electron chi connectivity index (χ3n) is 3.27. The van der Waals surface area contributed by atoms with Crippen molar-refractivity contribution in [3.63, 3.8) is 0 Å². The van der Waals surface area contributed by atoms with Crippen molar-refractivity contribution in [1.29, 1.82) is 0 Å². The lowest BCUT2D eigenvalue weighted by molar-refractivity contribution is 0.102. The van der Waals surface area contributed by atoms with Gasteiger partial charge >= 0.3 is 0 Å². The summed E-state index contributed by atoms with van der Waals surface area (Å²) >= 11 is 0. The van der Waals surface area contributed by atoms with E-state index in [1.807, 2.05) is 28.8 Å². The summed E-state index contributed by atoms with van der Waals surface area (Å²) in [4.78, 5) is 24.6. The maximum atomic E-state index is 12.3. The van der Waals surface area contributed by atoms with Gasteiger partial charge in [-0.15, -0.1) is 0 Å². The van der Waals surface area contributed by atoms with Gasteiger partial charge in [-0.1, -0.05) is 12.1 Å². The lowest BCUT2D eigenvalue weighted by Crippen LogP contribution is -2.26. The number of nitrogens with one attached hydrogen (secondary N) is 1. The SMILES string of the molecule is CC(C)(C)n1c(NC(=O)c2ccncn2)nc2ccccc21. The Kier molecular flexibility index (Phi) is 3.36. The van der Waals surface area contributed by atoms with Gasteiger partial charge in [0, 0.05) is 11.7 Å². The summed E-state index contributed by atoms with van der Waals surface area (Å²) in [5.41, 5.74) is 1.91. The topological polar surface area (TPSA) is 72.7 Å². The van der Waals surface area contributed by atoms with E-state index < -0.39 is 0 Å². The maximum absolute atomic E-state index is 12.3. The van der Waals surface area contributed by atoms with Crippen molar-refractivity contribution in [2.75, 3.05) is 5.32 Å². The first-order valence-corrected chi connectivity index (χ1v) is 7.02. The fraction of sp³-hybridized carbons (Fsp3) is 0.250. The van der Waals surface area contributed by atoms with Gasteiger partial charge in [0.1, 0.15) is 12.0 Å². The second-order valence-electron chi connectivity index (χ2n) is 5.98. The Bertz CT molecular complexity index is 817. The first-order valence-electron chi connectivity index (χ1n) is 7.02. The largest absolute Gasteiger partial charge is 0.305 e. The summed E-state index contributed by atoms with van der Waals surface area (Å²) in [5, 5.41) is 2.85. The standard InChI is InChI=1S/C16H17N5O/c1-16(2,3)21-13-7-5-4-6-11(13)19-15(21)20-14(22)12-8-9-17-10-18-12/h4-10H,1-3H3,(H,19,20,22). The number of rotatable bonds is 2. The summed E-state index contributed by atoms with van der Waals surface area (Å²) in [6.07, 6.45) is 2.89. The zero-order chi connectivity index (χ0) is 15.7. The average molecular weight is 295 g/mol. The molecule has 112 valence electrons. The van der Waals surface area contributed by atoms with Crippen LogP contribution >= 0.6 is 0 Å². The molecule has 0 fully saturated rings. The lowest BCUT2D eigenvalue weighted by atomic mass is 10.1. The molecule has 1 aromatic carbocycles. The number of imidazole rings is 1. The number of para-hydroxylation sites is 2. The van der Waals surface area contributed by atoms with Crippen LogP contribution in [0.15, 0.2) is 42.9 Å². The highest BCUT2D eigenvalue weighted by Crippen LogP contribution is 2.28. The molecule has 0 saturated carbocycles. The molecule has 0 spiro atoms. The molecule has 1 amide bonds. The Hall–Kier alpha value is -2.76. The summed E-state index contributed by atoms with van der Waals surface area (Å²) < 4.78 is 2.02. The van der Waals surface area contributed by atoms with Crippen LogP contribution in [0.3, 0.4) is 0 Å². The second-order valence-corrected chi connectivity index (χ2v) is 5.98. The minimum atomic E-state index is -0.303. The molecule has 0 unspecified atom stereocenters. The molecule has 3 aromatic rings. The molecule has 0 aliphatic heterocycles. The normalized spacial score (nSPS) is 11.6. The van der Waals surface area contributed by atoms with Gasteiger partial charge < -0.3 is 4.57 Å². The van der Waals surface area contributed by atoms with E-state index in [2.05, 4.69) is 41.0 Å². The summed E-state index contributed by atoms with van der Waals surface area (Å²) in [6, 6.07) is 9.38. The van der Waals surface area contributed by atoms with Gasteiger partial charge in [-0.05, 0) is 39.0 Å². The minimum absolute atomic E-state index is 0.218. The predicted octanol–water partition coefficient (Wildman–Crippen LogP) is 2.83.